The van der Waals surface area contributed by atoms with Crippen LogP contribution >= 0.6 is 0 Å². The lowest BCUT2D eigenvalue weighted by molar-refractivity contribution is -0.121. The van der Waals surface area contributed by atoms with Gasteiger partial charge >= 0.3 is 0 Å². The number of nitrogens with zero attached hydrogens (tertiary/aromatic N) is 1. The Balaban J connectivity index is 1.48. The molecule has 3 rings (SSSR count). The van der Waals surface area contributed by atoms with Crippen molar-refractivity contribution in [2.75, 3.05) is 6.54 Å². The molecule has 5 heteroatoms. The summed E-state index contributed by atoms with van der Waals surface area (Å²) in [5.41, 5.74) is 1.54. The van der Waals surface area contributed by atoms with Crippen LogP contribution in [0.5, 0.6) is 0 Å². The van der Waals surface area contributed by atoms with Crippen LogP contribution in [0.3, 0.4) is 0 Å². The Morgan fingerprint density at radius 1 is 1.00 bits per heavy atom. The van der Waals surface area contributed by atoms with Crippen molar-refractivity contribution in [3.8, 4) is 5.69 Å². The molecule has 1 saturated carbocycles. The SMILES string of the molecule is O=C(CNC(=O)c1ccc(-n2cccc2)cc1)NC1CCCCC1. The van der Waals surface area contributed by atoms with Crippen LogP contribution in [0.15, 0.2) is 48.8 Å². The highest BCUT2D eigenvalue weighted by Crippen LogP contribution is 2.17. The Labute approximate surface area is 142 Å². The minimum Gasteiger partial charge on any atom is -0.352 e. The van der Waals surface area contributed by atoms with Gasteiger partial charge in [0, 0.05) is 29.7 Å². The molecule has 0 saturated heterocycles. The summed E-state index contributed by atoms with van der Waals surface area (Å²) in [6.45, 7) is 0.0225. The number of hydrogen-bond donors (Lipinski definition) is 2. The van der Waals surface area contributed by atoms with E-state index in [0.29, 0.717) is 5.56 Å². The van der Waals surface area contributed by atoms with Gasteiger partial charge in [-0.15, -0.1) is 0 Å². The van der Waals surface area contributed by atoms with E-state index in [1.54, 1.807) is 12.1 Å². The second-order valence-corrected chi connectivity index (χ2v) is 6.22. The lowest BCUT2D eigenvalue weighted by atomic mass is 9.95. The summed E-state index contributed by atoms with van der Waals surface area (Å²) >= 11 is 0. The van der Waals surface area contributed by atoms with Crippen LogP contribution < -0.4 is 10.6 Å². The summed E-state index contributed by atoms with van der Waals surface area (Å²) < 4.78 is 1.97. The fourth-order valence-corrected chi connectivity index (χ4v) is 3.08. The van der Waals surface area contributed by atoms with E-state index in [1.165, 1.54) is 19.3 Å². The number of benzene rings is 1. The lowest BCUT2D eigenvalue weighted by Crippen LogP contribution is -2.42. The summed E-state index contributed by atoms with van der Waals surface area (Å²) in [4.78, 5) is 24.1. The van der Waals surface area contributed by atoms with E-state index in [1.807, 2.05) is 41.2 Å². The molecule has 24 heavy (non-hydrogen) atoms. The predicted molar refractivity (Wildman–Crippen MR) is 93.1 cm³/mol. The third-order valence-electron chi connectivity index (χ3n) is 4.41. The van der Waals surface area contributed by atoms with Gasteiger partial charge in [-0.1, -0.05) is 19.3 Å². The van der Waals surface area contributed by atoms with E-state index in [0.717, 1.165) is 18.5 Å². The Kier molecular flexibility index (Phi) is 5.31. The van der Waals surface area contributed by atoms with E-state index in [4.69, 9.17) is 0 Å². The Bertz CT molecular complexity index is 671. The highest BCUT2D eigenvalue weighted by Gasteiger charge is 2.16. The smallest absolute Gasteiger partial charge is 0.251 e. The molecular weight excluding hydrogens is 302 g/mol. The van der Waals surface area contributed by atoms with Crippen molar-refractivity contribution in [3.63, 3.8) is 0 Å². The third-order valence-corrected chi connectivity index (χ3v) is 4.41. The summed E-state index contributed by atoms with van der Waals surface area (Å²) in [6, 6.07) is 11.5. The summed E-state index contributed by atoms with van der Waals surface area (Å²) in [5.74, 6) is -0.341. The number of carbonyl (C=O) groups excluding carboxylic acids is 2. The van der Waals surface area contributed by atoms with Crippen molar-refractivity contribution in [2.24, 2.45) is 0 Å². The van der Waals surface area contributed by atoms with Crippen molar-refractivity contribution in [1.82, 2.24) is 15.2 Å². The van der Waals surface area contributed by atoms with E-state index in [2.05, 4.69) is 10.6 Å². The first-order chi connectivity index (χ1) is 11.7. The molecule has 1 aliphatic carbocycles. The zero-order valence-corrected chi connectivity index (χ0v) is 13.7. The van der Waals surface area contributed by atoms with E-state index < -0.39 is 0 Å². The zero-order chi connectivity index (χ0) is 16.8. The largest absolute Gasteiger partial charge is 0.352 e. The Morgan fingerprint density at radius 2 is 1.67 bits per heavy atom. The Hall–Kier alpha value is -2.56. The van der Waals surface area contributed by atoms with Gasteiger partial charge in [-0.2, -0.15) is 0 Å². The van der Waals surface area contributed by atoms with Crippen molar-refractivity contribution in [3.05, 3.63) is 54.4 Å². The lowest BCUT2D eigenvalue weighted by Gasteiger charge is -2.22. The monoisotopic (exact) mass is 325 g/mol. The van der Waals surface area contributed by atoms with Gasteiger partial charge in [0.2, 0.25) is 5.91 Å². The molecule has 0 unspecified atom stereocenters. The molecule has 126 valence electrons. The van der Waals surface area contributed by atoms with E-state index in [9.17, 15) is 9.59 Å². The van der Waals surface area contributed by atoms with Gasteiger partial charge in [0.1, 0.15) is 0 Å². The number of hydrogen-bond acceptors (Lipinski definition) is 2. The van der Waals surface area contributed by atoms with Crippen LogP contribution in [0.4, 0.5) is 0 Å². The molecule has 0 aliphatic heterocycles. The maximum absolute atomic E-state index is 12.1. The second-order valence-electron chi connectivity index (χ2n) is 6.22. The van der Waals surface area contributed by atoms with Gasteiger partial charge in [0.25, 0.3) is 5.91 Å². The molecular formula is C19H23N3O2. The normalized spacial score (nSPS) is 15.0. The van der Waals surface area contributed by atoms with Crippen molar-refractivity contribution in [1.29, 1.82) is 0 Å². The highest BCUT2D eigenvalue weighted by atomic mass is 16.2. The molecule has 5 nitrogen and oxygen atoms in total. The van der Waals surface area contributed by atoms with Gasteiger partial charge in [-0.05, 0) is 49.2 Å². The van der Waals surface area contributed by atoms with Crippen LogP contribution in [-0.2, 0) is 4.79 Å². The average molecular weight is 325 g/mol. The molecule has 2 amide bonds. The maximum atomic E-state index is 12.1. The molecule has 1 aliphatic rings. The molecule has 0 bridgehead atoms. The molecule has 0 radical (unpaired) electrons. The molecule has 0 spiro atoms. The van der Waals surface area contributed by atoms with Crippen molar-refractivity contribution >= 4 is 11.8 Å². The topological polar surface area (TPSA) is 63.1 Å². The number of nitrogens with one attached hydrogen (secondary N) is 2. The first-order valence-electron chi connectivity index (χ1n) is 8.53. The van der Waals surface area contributed by atoms with Gasteiger partial charge in [-0.3, -0.25) is 9.59 Å². The number of aromatic nitrogens is 1. The summed E-state index contributed by atoms with van der Waals surface area (Å²) in [7, 11) is 0. The minimum atomic E-state index is -0.229. The van der Waals surface area contributed by atoms with Crippen LogP contribution in [0, 0.1) is 0 Å². The molecule has 0 atom stereocenters. The van der Waals surface area contributed by atoms with E-state index in [-0.39, 0.29) is 24.4 Å². The molecule has 2 N–H and O–H groups in total. The highest BCUT2D eigenvalue weighted by molar-refractivity contribution is 5.96. The minimum absolute atomic E-state index is 0.0225. The van der Waals surface area contributed by atoms with Gasteiger partial charge in [-0.25, -0.2) is 0 Å². The quantitative estimate of drug-likeness (QED) is 0.888. The number of rotatable bonds is 5. The summed E-state index contributed by atoms with van der Waals surface area (Å²) in [6.07, 6.45) is 9.58. The first kappa shape index (κ1) is 16.3. The van der Waals surface area contributed by atoms with Gasteiger partial charge in [0.05, 0.1) is 6.54 Å². The third kappa shape index (κ3) is 4.25. The average Bonchev–Trinajstić information content (AvgIpc) is 3.15. The van der Waals surface area contributed by atoms with Crippen molar-refractivity contribution < 1.29 is 9.59 Å². The number of carbonyl (C=O) groups is 2. The molecule has 1 aromatic carbocycles. The fraction of sp³-hybridized carbons (Fsp3) is 0.368. The van der Waals surface area contributed by atoms with Crippen LogP contribution in [0.2, 0.25) is 0 Å². The van der Waals surface area contributed by atoms with Crippen LogP contribution in [0.25, 0.3) is 5.69 Å². The Morgan fingerprint density at radius 3 is 2.33 bits per heavy atom. The van der Waals surface area contributed by atoms with Crippen molar-refractivity contribution in [2.45, 2.75) is 38.1 Å². The maximum Gasteiger partial charge on any atom is 0.251 e. The zero-order valence-electron chi connectivity index (χ0n) is 13.7. The van der Waals surface area contributed by atoms with E-state index >= 15 is 0 Å². The summed E-state index contributed by atoms with van der Waals surface area (Å²) in [5, 5.41) is 5.68. The standard InChI is InChI=1S/C19H23N3O2/c23-18(21-16-6-2-1-3-7-16)14-20-19(24)15-8-10-17(11-9-15)22-12-4-5-13-22/h4-5,8-13,16H,1-3,6-7,14H2,(H,20,24)(H,21,23). The molecule has 2 aromatic rings. The predicted octanol–water partition coefficient (Wildman–Crippen LogP) is 2.66. The van der Waals surface area contributed by atoms with Gasteiger partial charge in [0.15, 0.2) is 0 Å². The fourth-order valence-electron chi connectivity index (χ4n) is 3.08. The number of amides is 2. The molecule has 1 aromatic heterocycles. The van der Waals surface area contributed by atoms with Crippen LogP contribution in [0.1, 0.15) is 42.5 Å². The molecule has 1 heterocycles. The first-order valence-corrected chi connectivity index (χ1v) is 8.53. The second kappa shape index (κ2) is 7.81. The van der Waals surface area contributed by atoms with Gasteiger partial charge < -0.3 is 15.2 Å². The molecule has 1 fully saturated rings. The van der Waals surface area contributed by atoms with Crippen LogP contribution in [-0.4, -0.2) is 29.0 Å².